The molecule has 2 aromatic rings. The summed E-state index contributed by atoms with van der Waals surface area (Å²) in [6, 6.07) is 8.08. The number of hydrogen-bond donors (Lipinski definition) is 1. The topological polar surface area (TPSA) is 82.8 Å². The smallest absolute Gasteiger partial charge is 0.271 e. The quantitative estimate of drug-likeness (QED) is 0.856. The molecule has 1 N–H and O–H groups in total. The van der Waals surface area contributed by atoms with E-state index in [1.165, 1.54) is 12.1 Å². The first-order valence-electron chi connectivity index (χ1n) is 5.08. The van der Waals surface area contributed by atoms with E-state index >= 15 is 0 Å². The van der Waals surface area contributed by atoms with Crippen LogP contribution in [-0.4, -0.2) is 13.4 Å². The minimum atomic E-state index is -3.68. The predicted molar refractivity (Wildman–Crippen MR) is 76.5 cm³/mol. The van der Waals surface area contributed by atoms with Gasteiger partial charge < -0.3 is 0 Å². The molecule has 0 bridgehead atoms. The maximum absolute atomic E-state index is 12.1. The fraction of sp³-hybridized carbons (Fsp3) is 0.0909. The lowest BCUT2D eigenvalue weighted by Gasteiger charge is -2.08. The van der Waals surface area contributed by atoms with Crippen LogP contribution in [0.3, 0.4) is 0 Å². The van der Waals surface area contributed by atoms with E-state index < -0.39 is 10.0 Å². The van der Waals surface area contributed by atoms with Gasteiger partial charge in [-0.2, -0.15) is 5.26 Å². The summed E-state index contributed by atoms with van der Waals surface area (Å²) in [7, 11) is -3.68. The summed E-state index contributed by atoms with van der Waals surface area (Å²) in [6.07, 6.45) is 0. The van der Waals surface area contributed by atoms with Gasteiger partial charge in [-0.3, -0.25) is 4.72 Å². The number of anilines is 1. The normalized spacial score (nSPS) is 11.0. The largest absolute Gasteiger partial charge is 0.277 e. The van der Waals surface area contributed by atoms with Crippen LogP contribution in [0, 0.1) is 18.3 Å². The van der Waals surface area contributed by atoms with Crippen molar-refractivity contribution in [1.29, 1.82) is 5.26 Å². The van der Waals surface area contributed by atoms with Crippen molar-refractivity contribution in [3.8, 4) is 6.07 Å². The molecule has 19 heavy (non-hydrogen) atoms. The van der Waals surface area contributed by atoms with Gasteiger partial charge in [0.25, 0.3) is 10.0 Å². The summed E-state index contributed by atoms with van der Waals surface area (Å²) in [5.41, 5.74) is 0.977. The van der Waals surface area contributed by atoms with Crippen LogP contribution in [0.5, 0.6) is 0 Å². The van der Waals surface area contributed by atoms with Crippen LogP contribution in [0.1, 0.15) is 10.6 Å². The number of nitrogens with one attached hydrogen (secondary N) is 1. The third-order valence-electron chi connectivity index (χ3n) is 2.25. The number of hydrogen-bond acceptors (Lipinski definition) is 5. The van der Waals surface area contributed by atoms with E-state index in [0.29, 0.717) is 20.9 Å². The molecule has 0 fully saturated rings. The third kappa shape index (κ3) is 3.12. The Kier molecular flexibility index (Phi) is 3.89. The number of nitrogens with zero attached hydrogens (tertiary/aromatic N) is 2. The lowest BCUT2D eigenvalue weighted by molar-refractivity contribution is 0.603. The van der Waals surface area contributed by atoms with Gasteiger partial charge in [0.05, 0.1) is 11.4 Å². The molecule has 8 heteroatoms. The first kappa shape index (κ1) is 14.0. The number of halogens is 1. The summed E-state index contributed by atoms with van der Waals surface area (Å²) in [6.45, 7) is 1.71. The molecule has 0 saturated heterocycles. The van der Waals surface area contributed by atoms with Crippen molar-refractivity contribution < 1.29 is 8.42 Å². The first-order valence-corrected chi connectivity index (χ1v) is 8.17. The lowest BCUT2D eigenvalue weighted by Crippen LogP contribution is -2.12. The number of nitriles is 1. The van der Waals surface area contributed by atoms with Crippen molar-refractivity contribution in [1.82, 2.24) is 4.98 Å². The zero-order valence-electron chi connectivity index (χ0n) is 9.71. The van der Waals surface area contributed by atoms with Gasteiger partial charge >= 0.3 is 0 Å². The zero-order valence-corrected chi connectivity index (χ0v) is 12.9. The van der Waals surface area contributed by atoms with Crippen LogP contribution in [0.15, 0.2) is 33.1 Å². The molecule has 2 aromatic heterocycles. The van der Waals surface area contributed by atoms with Gasteiger partial charge in [-0.05, 0) is 47.1 Å². The molecule has 0 aliphatic rings. The van der Waals surface area contributed by atoms with Gasteiger partial charge in [0, 0.05) is 0 Å². The van der Waals surface area contributed by atoms with Gasteiger partial charge in [-0.25, -0.2) is 13.4 Å². The fourth-order valence-corrected chi connectivity index (χ4v) is 3.98. The maximum Gasteiger partial charge on any atom is 0.271 e. The van der Waals surface area contributed by atoms with E-state index in [0.717, 1.165) is 11.3 Å². The van der Waals surface area contributed by atoms with E-state index in [2.05, 4.69) is 25.6 Å². The molecule has 0 atom stereocenters. The zero-order chi connectivity index (χ0) is 14.0. The van der Waals surface area contributed by atoms with Crippen LogP contribution in [0.2, 0.25) is 0 Å². The molecular weight excluding hydrogens is 350 g/mol. The van der Waals surface area contributed by atoms with Gasteiger partial charge in [-0.15, -0.1) is 11.3 Å². The highest BCUT2D eigenvalue weighted by Gasteiger charge is 2.18. The molecule has 0 spiro atoms. The number of thiophene rings is 1. The molecule has 98 valence electrons. The number of aromatic nitrogens is 1. The van der Waals surface area contributed by atoms with Crippen LogP contribution in [-0.2, 0) is 10.0 Å². The van der Waals surface area contributed by atoms with E-state index in [1.54, 1.807) is 19.1 Å². The van der Waals surface area contributed by atoms with Gasteiger partial charge in [-0.1, -0.05) is 0 Å². The Labute approximate surface area is 123 Å². The lowest BCUT2D eigenvalue weighted by atomic mass is 10.3. The van der Waals surface area contributed by atoms with E-state index in [9.17, 15) is 8.42 Å². The number of aryl methyl sites for hydroxylation is 1. The summed E-state index contributed by atoms with van der Waals surface area (Å²) < 4.78 is 27.4. The SMILES string of the molecule is Cc1nc(Br)ccc1NS(=O)(=O)c1ccc(C#N)s1. The maximum atomic E-state index is 12.1. The van der Waals surface area contributed by atoms with Crippen LogP contribution >= 0.6 is 27.3 Å². The average molecular weight is 358 g/mol. The summed E-state index contributed by atoms with van der Waals surface area (Å²) >= 11 is 4.14. The van der Waals surface area contributed by atoms with E-state index in [4.69, 9.17) is 5.26 Å². The van der Waals surface area contributed by atoms with E-state index in [-0.39, 0.29) is 4.21 Å². The average Bonchev–Trinajstić information content (AvgIpc) is 2.82. The molecule has 0 saturated carbocycles. The molecule has 5 nitrogen and oxygen atoms in total. The Morgan fingerprint density at radius 1 is 1.37 bits per heavy atom. The Bertz CT molecular complexity index is 762. The van der Waals surface area contributed by atoms with Crippen LogP contribution < -0.4 is 4.72 Å². The third-order valence-corrected chi connectivity index (χ3v) is 5.54. The molecule has 0 aliphatic heterocycles. The highest BCUT2D eigenvalue weighted by molar-refractivity contribution is 9.10. The highest BCUT2D eigenvalue weighted by atomic mass is 79.9. The second-order valence-electron chi connectivity index (χ2n) is 3.60. The Hall–Kier alpha value is -1.43. The van der Waals surface area contributed by atoms with Crippen molar-refractivity contribution in [2.45, 2.75) is 11.1 Å². The number of pyridine rings is 1. The molecule has 2 rings (SSSR count). The van der Waals surface area contributed by atoms with Crippen LogP contribution in [0.25, 0.3) is 0 Å². The van der Waals surface area contributed by atoms with Gasteiger partial charge in [0.15, 0.2) is 0 Å². The standard InChI is InChI=1S/C11H8BrN3O2S2/c1-7-9(3-4-10(12)14-7)15-19(16,17)11-5-2-8(6-13)18-11/h2-5,15H,1H3. The molecular formula is C11H8BrN3O2S2. The Balaban J connectivity index is 2.34. The molecule has 0 radical (unpaired) electrons. The first-order chi connectivity index (χ1) is 8.92. The second kappa shape index (κ2) is 5.28. The molecule has 0 aromatic carbocycles. The van der Waals surface area contributed by atoms with Crippen molar-refractivity contribution in [3.63, 3.8) is 0 Å². The highest BCUT2D eigenvalue weighted by Crippen LogP contribution is 2.25. The second-order valence-corrected chi connectivity index (χ2v) is 7.41. The monoisotopic (exact) mass is 357 g/mol. The minimum Gasteiger partial charge on any atom is -0.277 e. The Morgan fingerprint density at radius 2 is 2.11 bits per heavy atom. The van der Waals surface area contributed by atoms with Crippen molar-refractivity contribution >= 4 is 43.0 Å². The van der Waals surface area contributed by atoms with Gasteiger partial charge in [0.1, 0.15) is 19.8 Å². The Morgan fingerprint density at radius 3 is 2.68 bits per heavy atom. The van der Waals surface area contributed by atoms with Crippen molar-refractivity contribution in [2.75, 3.05) is 4.72 Å². The fourth-order valence-electron chi connectivity index (χ4n) is 1.36. The van der Waals surface area contributed by atoms with Crippen LogP contribution in [0.4, 0.5) is 5.69 Å². The predicted octanol–water partition coefficient (Wildman–Crippen LogP) is 2.89. The minimum absolute atomic E-state index is 0.103. The molecule has 0 amide bonds. The molecule has 2 heterocycles. The van der Waals surface area contributed by atoms with Crippen molar-refractivity contribution in [3.05, 3.63) is 39.4 Å². The van der Waals surface area contributed by atoms with Crippen molar-refractivity contribution in [2.24, 2.45) is 0 Å². The van der Waals surface area contributed by atoms with Gasteiger partial charge in [0.2, 0.25) is 0 Å². The summed E-state index contributed by atoms with van der Waals surface area (Å²) in [5.74, 6) is 0. The summed E-state index contributed by atoms with van der Waals surface area (Å²) in [5, 5.41) is 8.71. The molecule has 0 aliphatic carbocycles. The molecule has 0 unspecified atom stereocenters. The number of sulfonamides is 1. The van der Waals surface area contributed by atoms with E-state index in [1.807, 2.05) is 6.07 Å². The number of rotatable bonds is 3. The summed E-state index contributed by atoms with van der Waals surface area (Å²) in [4.78, 5) is 4.47.